The molecule has 72 heavy (non-hydrogen) atoms. The SMILES string of the molecule is CC(C)C[C@H](NC(=O)[C@H](CC(=O)O)NC(=O)[C@H](C)NC(=O)CN)C(=O)N[C@@H](CO)C(=O)NCC(=O)N[C@H](C(=O)N[C@@H](Cc1ccccc1)C(=O)N[C@@H](CCC(=O)O)C(=O)N[C@@H](CCC(=O)O)C(=O)O)C(C)C. The monoisotopic (exact) mass is 1020 g/mol. The molecule has 0 saturated carbocycles. The highest BCUT2D eigenvalue weighted by molar-refractivity contribution is 5.98. The van der Waals surface area contributed by atoms with E-state index in [9.17, 15) is 82.8 Å². The summed E-state index contributed by atoms with van der Waals surface area (Å²) in [5.41, 5.74) is 5.73. The van der Waals surface area contributed by atoms with Crippen LogP contribution in [0, 0.1) is 11.8 Å². The van der Waals surface area contributed by atoms with Crippen LogP contribution < -0.4 is 53.6 Å². The minimum atomic E-state index is -1.74. The van der Waals surface area contributed by atoms with Crippen molar-refractivity contribution in [3.63, 3.8) is 0 Å². The minimum Gasteiger partial charge on any atom is -0.481 e. The zero-order chi connectivity index (χ0) is 54.8. The maximum atomic E-state index is 13.8. The van der Waals surface area contributed by atoms with E-state index in [0.717, 1.165) is 0 Å². The van der Waals surface area contributed by atoms with Gasteiger partial charge in [0, 0.05) is 19.3 Å². The highest BCUT2D eigenvalue weighted by atomic mass is 16.4. The van der Waals surface area contributed by atoms with Crippen molar-refractivity contribution in [3.05, 3.63) is 35.9 Å². The van der Waals surface area contributed by atoms with Crippen LogP contribution in [-0.2, 0) is 68.7 Å². The lowest BCUT2D eigenvalue weighted by atomic mass is 10.0. The maximum absolute atomic E-state index is 13.8. The Balaban J connectivity index is 3.22. The van der Waals surface area contributed by atoms with Crippen LogP contribution in [0.5, 0.6) is 0 Å². The Morgan fingerprint density at radius 1 is 0.514 bits per heavy atom. The van der Waals surface area contributed by atoms with Gasteiger partial charge in [-0.1, -0.05) is 58.0 Å². The molecule has 0 bridgehead atoms. The molecule has 0 heterocycles. The molecule has 1 rings (SSSR count). The summed E-state index contributed by atoms with van der Waals surface area (Å²) in [4.78, 5) is 164. The molecule has 0 aliphatic rings. The molecule has 0 fully saturated rings. The average Bonchev–Trinajstić information content (AvgIpc) is 3.30. The third-order valence-corrected chi connectivity index (χ3v) is 10.3. The number of aliphatic hydroxyl groups is 1. The summed E-state index contributed by atoms with van der Waals surface area (Å²) in [5, 5.41) is 67.9. The zero-order valence-electron chi connectivity index (χ0n) is 40.4. The van der Waals surface area contributed by atoms with Crippen LogP contribution >= 0.6 is 0 Å². The summed E-state index contributed by atoms with van der Waals surface area (Å²) in [6, 6.07) is -4.39. The second-order valence-corrected chi connectivity index (χ2v) is 17.2. The van der Waals surface area contributed by atoms with Gasteiger partial charge >= 0.3 is 23.9 Å². The number of aliphatic carboxylic acids is 4. The first-order valence-electron chi connectivity index (χ1n) is 22.6. The lowest BCUT2D eigenvalue weighted by Gasteiger charge is -2.27. The summed E-state index contributed by atoms with van der Waals surface area (Å²) >= 11 is 0. The number of nitrogens with one attached hydrogen (secondary N) is 9. The van der Waals surface area contributed by atoms with E-state index in [1.54, 1.807) is 44.2 Å². The number of aliphatic hydroxyl groups excluding tert-OH is 1. The van der Waals surface area contributed by atoms with Gasteiger partial charge in [0.1, 0.15) is 48.3 Å². The number of amides is 9. The molecule has 9 amide bonds. The number of benzene rings is 1. The third kappa shape index (κ3) is 23.7. The zero-order valence-corrected chi connectivity index (χ0v) is 40.4. The molecule has 8 atom stereocenters. The van der Waals surface area contributed by atoms with Crippen molar-refractivity contribution in [2.45, 2.75) is 128 Å². The third-order valence-electron chi connectivity index (χ3n) is 10.3. The molecule has 400 valence electrons. The normalized spacial score (nSPS) is 14.2. The standard InChI is InChI=1S/C44H66N10O18/c1-21(2)15-27(51-42(69)29(17-35(62)63)50-37(64)23(5)47-31(56)18-45)40(67)53-30(20-55)38(65)46-19-32(57)54-36(22(3)4)43(70)52-28(16-24-9-7-6-8-10-24)41(68)48-25(11-13-33(58)59)39(66)49-26(44(71)72)12-14-34(60)61/h6-10,21-23,25-30,36,55H,11-20,45H2,1-5H3,(H,46,65)(H,47,56)(H,48,68)(H,49,66)(H,50,64)(H,51,69)(H,52,70)(H,53,67)(H,54,57)(H,58,59)(H,60,61)(H,62,63)(H,71,72)/t23-,25-,26-,27-,28-,29-,30-,36-/m0/s1. The van der Waals surface area contributed by atoms with Gasteiger partial charge in [0.15, 0.2) is 0 Å². The Labute approximate surface area is 413 Å². The molecule has 1 aromatic carbocycles. The number of hydrogen-bond donors (Lipinski definition) is 15. The fraction of sp³-hybridized carbons (Fsp3) is 0.568. The van der Waals surface area contributed by atoms with Crippen molar-refractivity contribution in [2.75, 3.05) is 19.7 Å². The van der Waals surface area contributed by atoms with Crippen molar-refractivity contribution in [3.8, 4) is 0 Å². The smallest absolute Gasteiger partial charge is 0.326 e. The predicted octanol–water partition coefficient (Wildman–Crippen LogP) is -4.81. The van der Waals surface area contributed by atoms with Crippen LogP contribution in [0.1, 0.15) is 78.7 Å². The first kappa shape index (κ1) is 62.3. The molecule has 0 saturated heterocycles. The van der Waals surface area contributed by atoms with E-state index >= 15 is 0 Å². The molecule has 0 radical (unpaired) electrons. The van der Waals surface area contributed by atoms with Crippen molar-refractivity contribution < 1.29 is 87.9 Å². The fourth-order valence-corrected chi connectivity index (χ4v) is 6.47. The van der Waals surface area contributed by atoms with E-state index in [4.69, 9.17) is 10.8 Å². The summed E-state index contributed by atoms with van der Waals surface area (Å²) in [6.07, 6.45) is -3.67. The van der Waals surface area contributed by atoms with E-state index in [1.807, 2.05) is 0 Å². The van der Waals surface area contributed by atoms with Gasteiger partial charge in [-0.05, 0) is 43.6 Å². The average molecular weight is 1020 g/mol. The molecule has 0 aliphatic heterocycles. The van der Waals surface area contributed by atoms with Crippen LogP contribution in [-0.4, -0.2) is 171 Å². The second-order valence-electron chi connectivity index (χ2n) is 17.2. The maximum Gasteiger partial charge on any atom is 0.326 e. The molecule has 0 aromatic heterocycles. The Bertz CT molecular complexity index is 2110. The lowest BCUT2D eigenvalue weighted by Crippen LogP contribution is -2.60. The Morgan fingerprint density at radius 3 is 1.51 bits per heavy atom. The van der Waals surface area contributed by atoms with Crippen molar-refractivity contribution in [1.82, 2.24) is 47.9 Å². The minimum absolute atomic E-state index is 0.0903. The molecule has 0 aliphatic carbocycles. The van der Waals surface area contributed by atoms with Crippen LogP contribution in [0.25, 0.3) is 0 Å². The van der Waals surface area contributed by atoms with Crippen molar-refractivity contribution in [2.24, 2.45) is 17.6 Å². The fourth-order valence-electron chi connectivity index (χ4n) is 6.47. The van der Waals surface area contributed by atoms with E-state index in [0.29, 0.717) is 5.56 Å². The van der Waals surface area contributed by atoms with E-state index in [1.165, 1.54) is 20.8 Å². The van der Waals surface area contributed by atoms with Gasteiger partial charge in [-0.15, -0.1) is 0 Å². The van der Waals surface area contributed by atoms with Crippen LogP contribution in [0.15, 0.2) is 30.3 Å². The number of carboxylic acids is 4. The molecule has 28 heteroatoms. The van der Waals surface area contributed by atoms with Gasteiger partial charge in [0.2, 0.25) is 53.2 Å². The van der Waals surface area contributed by atoms with Crippen LogP contribution in [0.2, 0.25) is 0 Å². The second kappa shape index (κ2) is 31.5. The molecule has 28 nitrogen and oxygen atoms in total. The molecule has 0 unspecified atom stereocenters. The van der Waals surface area contributed by atoms with Crippen LogP contribution in [0.4, 0.5) is 0 Å². The topological polar surface area (TPSA) is 457 Å². The number of carboxylic acid groups (broad SMARTS) is 4. The summed E-state index contributed by atoms with van der Waals surface area (Å²) in [5.74, 6) is -15.9. The lowest BCUT2D eigenvalue weighted by molar-refractivity contribution is -0.144. The number of hydrogen-bond acceptors (Lipinski definition) is 15. The van der Waals surface area contributed by atoms with Crippen LogP contribution in [0.3, 0.4) is 0 Å². The van der Waals surface area contributed by atoms with Gasteiger partial charge in [-0.25, -0.2) is 4.79 Å². The molecular weight excluding hydrogens is 957 g/mol. The van der Waals surface area contributed by atoms with Crippen molar-refractivity contribution >= 4 is 77.0 Å². The molecular formula is C44H66N10O18. The van der Waals surface area contributed by atoms with Gasteiger partial charge in [-0.2, -0.15) is 0 Å². The number of rotatable bonds is 33. The quantitative estimate of drug-likeness (QED) is 0.0314. The van der Waals surface area contributed by atoms with E-state index in [2.05, 4.69) is 47.9 Å². The number of carbonyl (C=O) groups is 13. The van der Waals surface area contributed by atoms with Gasteiger partial charge in [0.05, 0.1) is 26.1 Å². The molecule has 1 aromatic rings. The predicted molar refractivity (Wildman–Crippen MR) is 248 cm³/mol. The largest absolute Gasteiger partial charge is 0.481 e. The summed E-state index contributed by atoms with van der Waals surface area (Å²) in [7, 11) is 0. The van der Waals surface area contributed by atoms with Gasteiger partial charge < -0.3 is 79.1 Å². The Kier molecular flexibility index (Phi) is 27.2. The highest BCUT2D eigenvalue weighted by Crippen LogP contribution is 2.11. The van der Waals surface area contributed by atoms with E-state index in [-0.39, 0.29) is 18.8 Å². The first-order chi connectivity index (χ1) is 33.7. The van der Waals surface area contributed by atoms with Crippen molar-refractivity contribution in [1.29, 1.82) is 0 Å². The summed E-state index contributed by atoms with van der Waals surface area (Å²) in [6.45, 7) is 5.30. The van der Waals surface area contributed by atoms with Gasteiger partial charge in [0.25, 0.3) is 0 Å². The molecule has 16 N–H and O–H groups in total. The van der Waals surface area contributed by atoms with Gasteiger partial charge in [-0.3, -0.25) is 57.5 Å². The first-order valence-corrected chi connectivity index (χ1v) is 22.6. The van der Waals surface area contributed by atoms with E-state index < -0.39 is 183 Å². The Hall–Kier alpha value is -7.75. The Morgan fingerprint density at radius 2 is 1.00 bits per heavy atom. The molecule has 0 spiro atoms. The number of carbonyl (C=O) groups excluding carboxylic acids is 9. The highest BCUT2D eigenvalue weighted by Gasteiger charge is 2.35. The summed E-state index contributed by atoms with van der Waals surface area (Å²) < 4.78 is 0. The number of nitrogens with two attached hydrogens (primary N) is 1.